The summed E-state index contributed by atoms with van der Waals surface area (Å²) in [6.45, 7) is 12.2. The number of hydrogen-bond donors (Lipinski definition) is 7. The van der Waals surface area contributed by atoms with Gasteiger partial charge in [0.2, 0.25) is 0 Å². The molecule has 0 fully saturated rings. The third kappa shape index (κ3) is 10.3. The number of aliphatic imine (C=N–C) groups is 1. The van der Waals surface area contributed by atoms with Gasteiger partial charge < -0.3 is 47.6 Å². The molecule has 0 radical (unpaired) electrons. The van der Waals surface area contributed by atoms with Gasteiger partial charge in [-0.15, -0.1) is 0 Å². The smallest absolute Gasteiger partial charge is 0.272 e. The van der Waals surface area contributed by atoms with Gasteiger partial charge in [0.05, 0.1) is 17.9 Å². The van der Waals surface area contributed by atoms with Gasteiger partial charge in [0.25, 0.3) is 11.8 Å². The van der Waals surface area contributed by atoms with Crippen LogP contribution in [0.5, 0.6) is 0 Å². The van der Waals surface area contributed by atoms with E-state index in [1.54, 1.807) is 0 Å². The summed E-state index contributed by atoms with van der Waals surface area (Å²) in [7, 11) is 0. The number of rotatable bonds is 17. The first-order chi connectivity index (χ1) is 22.5. The molecule has 252 valence electrons. The molecule has 0 aliphatic heterocycles. The molecule has 12 nitrogen and oxygen atoms in total. The van der Waals surface area contributed by atoms with E-state index >= 15 is 0 Å². The molecule has 0 saturated heterocycles. The quantitative estimate of drug-likeness (QED) is 0.0475. The van der Waals surface area contributed by atoms with Crippen LogP contribution in [0.2, 0.25) is 0 Å². The van der Waals surface area contributed by atoms with E-state index in [9.17, 15) is 9.59 Å². The van der Waals surface area contributed by atoms with E-state index in [4.69, 9.17) is 17.2 Å². The Hall–Kier alpha value is -4.97. The van der Waals surface area contributed by atoms with E-state index < -0.39 is 0 Å². The van der Waals surface area contributed by atoms with Crippen molar-refractivity contribution in [3.63, 3.8) is 0 Å². The zero-order valence-electron chi connectivity index (χ0n) is 28.0. The maximum atomic E-state index is 13.5. The number of anilines is 4. The number of hydrogen-bond acceptors (Lipinski definition) is 6. The Morgan fingerprint density at radius 1 is 0.702 bits per heavy atom. The molecule has 0 aliphatic rings. The molecule has 0 spiro atoms. The van der Waals surface area contributed by atoms with Crippen LogP contribution in [0.1, 0.15) is 61.5 Å². The topological polar surface area (TPSA) is 183 Å². The zero-order valence-corrected chi connectivity index (χ0v) is 28.0. The molecule has 4 rings (SSSR count). The van der Waals surface area contributed by atoms with Gasteiger partial charge in [0, 0.05) is 56.5 Å². The van der Waals surface area contributed by atoms with Gasteiger partial charge in [-0.2, -0.15) is 0 Å². The highest BCUT2D eigenvalue weighted by Crippen LogP contribution is 2.25. The molecule has 12 heteroatoms. The van der Waals surface area contributed by atoms with Crippen molar-refractivity contribution in [2.24, 2.45) is 34.0 Å². The first-order valence-corrected chi connectivity index (χ1v) is 16.3. The number of aromatic nitrogens is 2. The number of aryl methyl sites for hydroxylation is 2. The highest BCUT2D eigenvalue weighted by atomic mass is 16.2. The van der Waals surface area contributed by atoms with Crippen LogP contribution in [0.15, 0.2) is 65.9 Å². The van der Waals surface area contributed by atoms with Crippen molar-refractivity contribution >= 4 is 51.3 Å². The predicted octanol–water partition coefficient (Wildman–Crippen LogP) is 5.10. The largest absolute Gasteiger partial charge is 0.383 e. The zero-order chi connectivity index (χ0) is 33.9. The van der Waals surface area contributed by atoms with Crippen LogP contribution in [-0.2, 0) is 13.1 Å². The van der Waals surface area contributed by atoms with Crippen LogP contribution in [-0.4, -0.2) is 53.1 Å². The molecule has 0 aliphatic carbocycles. The predicted molar refractivity (Wildman–Crippen MR) is 194 cm³/mol. The fraction of sp³-hybridized carbons (Fsp3) is 0.400. The Bertz CT molecular complexity index is 1680. The Morgan fingerprint density at radius 2 is 1.19 bits per heavy atom. The number of nitrogens with zero attached hydrogens (tertiary/aromatic N) is 3. The van der Waals surface area contributed by atoms with E-state index in [1.807, 2.05) is 70.1 Å². The molecule has 0 atom stereocenters. The van der Waals surface area contributed by atoms with Gasteiger partial charge in [-0.3, -0.25) is 14.6 Å². The second-order valence-corrected chi connectivity index (χ2v) is 12.6. The number of guanidine groups is 1. The van der Waals surface area contributed by atoms with Crippen molar-refractivity contribution < 1.29 is 9.59 Å². The van der Waals surface area contributed by atoms with E-state index in [1.165, 1.54) is 0 Å². The lowest BCUT2D eigenvalue weighted by Gasteiger charge is -2.13. The summed E-state index contributed by atoms with van der Waals surface area (Å²) in [5.41, 5.74) is 20.7. The van der Waals surface area contributed by atoms with E-state index in [0.29, 0.717) is 67.3 Å². The normalized spacial score (nSPS) is 11.2. The summed E-state index contributed by atoms with van der Waals surface area (Å²) >= 11 is 0. The maximum absolute atomic E-state index is 13.5. The highest BCUT2D eigenvalue weighted by molar-refractivity contribution is 6.06. The number of carbonyl (C=O) groups excluding carboxylic acids is 2. The van der Waals surface area contributed by atoms with Gasteiger partial charge in [0.15, 0.2) is 5.96 Å². The molecular formula is C35H50N10O2. The average Bonchev–Trinajstić information content (AvgIpc) is 3.64. The fourth-order valence-electron chi connectivity index (χ4n) is 5.15. The Morgan fingerprint density at radius 3 is 1.64 bits per heavy atom. The van der Waals surface area contributed by atoms with Crippen molar-refractivity contribution in [2.45, 2.75) is 53.6 Å². The fourth-order valence-corrected chi connectivity index (χ4v) is 5.15. The van der Waals surface area contributed by atoms with E-state index in [0.717, 1.165) is 41.5 Å². The van der Waals surface area contributed by atoms with Crippen LogP contribution >= 0.6 is 0 Å². The molecule has 2 aromatic heterocycles. The molecule has 47 heavy (non-hydrogen) atoms. The van der Waals surface area contributed by atoms with Gasteiger partial charge >= 0.3 is 0 Å². The number of carbonyl (C=O) groups is 2. The first kappa shape index (κ1) is 34.9. The number of nitrogens with two attached hydrogens (primary N) is 3. The van der Waals surface area contributed by atoms with Crippen LogP contribution in [0.25, 0.3) is 10.8 Å². The van der Waals surface area contributed by atoms with Crippen LogP contribution in [0.3, 0.4) is 0 Å². The second kappa shape index (κ2) is 16.5. The van der Waals surface area contributed by atoms with Crippen molar-refractivity contribution in [3.8, 4) is 0 Å². The highest BCUT2D eigenvalue weighted by Gasteiger charge is 2.17. The molecule has 0 saturated carbocycles. The lowest BCUT2D eigenvalue weighted by Crippen LogP contribution is -2.23. The summed E-state index contributed by atoms with van der Waals surface area (Å²) in [5.74, 6) is 0.637. The minimum atomic E-state index is -0.212. The number of nitrogens with one attached hydrogen (secondary N) is 4. The van der Waals surface area contributed by atoms with Crippen molar-refractivity contribution in [1.82, 2.24) is 9.13 Å². The van der Waals surface area contributed by atoms with Crippen molar-refractivity contribution in [3.05, 3.63) is 72.3 Å². The van der Waals surface area contributed by atoms with E-state index in [2.05, 4.69) is 54.0 Å². The summed E-state index contributed by atoms with van der Waals surface area (Å²) < 4.78 is 3.96. The van der Waals surface area contributed by atoms with Crippen molar-refractivity contribution in [1.29, 1.82) is 0 Å². The lowest BCUT2D eigenvalue weighted by molar-refractivity contribution is 0.101. The molecule has 4 aromatic rings. The lowest BCUT2D eigenvalue weighted by atomic mass is 10.1. The summed E-state index contributed by atoms with van der Waals surface area (Å²) in [6, 6.07) is 15.2. The summed E-state index contributed by atoms with van der Waals surface area (Å²) in [6.07, 6.45) is 5.79. The number of benzene rings is 2. The SMILES string of the molecule is CC(C)CCn1cc(NCCN)cc1C(=O)Nc1ccc2ccc(NC(=O)c3cc(NCCN=C(N)N)cn3CCC(C)C)cc2c1. The van der Waals surface area contributed by atoms with Gasteiger partial charge in [-0.05, 0) is 71.8 Å². The summed E-state index contributed by atoms with van der Waals surface area (Å²) in [4.78, 5) is 31.0. The standard InChI is InChI=1S/C35H50N10O2/c1-23(2)9-15-44-21-29(39-12-11-36)19-31(44)33(46)42-27-7-5-25-6-8-28(18-26(25)17-27)43-34(47)32-20-30(40-13-14-41-35(37)38)22-45(32)16-10-24(3)4/h5-8,17-24,39-40H,9-16,36H2,1-4H3,(H,42,46)(H,43,47)(H4,37,38,41). The molecule has 2 amide bonds. The Labute approximate surface area is 277 Å². The minimum absolute atomic E-state index is 0.0451. The molecule has 0 bridgehead atoms. The molecule has 0 unspecified atom stereocenters. The van der Waals surface area contributed by atoms with E-state index in [-0.39, 0.29) is 17.8 Å². The number of amides is 2. The van der Waals surface area contributed by atoms with Gasteiger partial charge in [0.1, 0.15) is 11.4 Å². The molecular weight excluding hydrogens is 592 g/mol. The van der Waals surface area contributed by atoms with Crippen LogP contribution < -0.4 is 38.5 Å². The second-order valence-electron chi connectivity index (χ2n) is 12.6. The number of fused-ring (bicyclic) bond motifs is 1. The monoisotopic (exact) mass is 642 g/mol. The Balaban J connectivity index is 1.50. The third-order valence-electron chi connectivity index (χ3n) is 7.72. The Kier molecular flexibility index (Phi) is 12.3. The average molecular weight is 643 g/mol. The minimum Gasteiger partial charge on any atom is -0.383 e. The summed E-state index contributed by atoms with van der Waals surface area (Å²) in [5, 5.41) is 14.6. The van der Waals surface area contributed by atoms with Crippen LogP contribution in [0, 0.1) is 11.8 Å². The molecule has 2 heterocycles. The molecule has 10 N–H and O–H groups in total. The third-order valence-corrected chi connectivity index (χ3v) is 7.72. The first-order valence-electron chi connectivity index (χ1n) is 16.3. The molecule has 2 aromatic carbocycles. The maximum Gasteiger partial charge on any atom is 0.272 e. The van der Waals surface area contributed by atoms with Crippen molar-refractivity contribution in [2.75, 3.05) is 47.4 Å². The van der Waals surface area contributed by atoms with Gasteiger partial charge in [-0.1, -0.05) is 39.8 Å². The van der Waals surface area contributed by atoms with Gasteiger partial charge in [-0.25, -0.2) is 0 Å². The van der Waals surface area contributed by atoms with Crippen LogP contribution in [0.4, 0.5) is 22.7 Å².